The van der Waals surface area contributed by atoms with Gasteiger partial charge in [0.05, 0.1) is 11.7 Å². The van der Waals surface area contributed by atoms with Gasteiger partial charge < -0.3 is 20.5 Å². The van der Waals surface area contributed by atoms with Crippen molar-refractivity contribution in [3.63, 3.8) is 0 Å². The molecule has 0 spiro atoms. The lowest BCUT2D eigenvalue weighted by Crippen LogP contribution is -2.33. The minimum atomic E-state index is -0.601. The van der Waals surface area contributed by atoms with Crippen LogP contribution in [-0.4, -0.2) is 48.1 Å². The topological polar surface area (TPSA) is 92.9 Å². The zero-order valence-corrected chi connectivity index (χ0v) is 11.7. The van der Waals surface area contributed by atoms with Gasteiger partial charge in [-0.05, 0) is 25.5 Å². The van der Waals surface area contributed by atoms with E-state index in [-0.39, 0.29) is 23.8 Å². The Kier molecular flexibility index (Phi) is 5.99. The number of carbonyl (C=O) groups is 2. The highest BCUT2D eigenvalue weighted by atomic mass is 16.5. The van der Waals surface area contributed by atoms with Crippen molar-refractivity contribution < 1.29 is 19.4 Å². The predicted octanol–water partition coefficient (Wildman–Crippen LogP) is 0.394. The molecule has 2 amide bonds. The summed E-state index contributed by atoms with van der Waals surface area (Å²) < 4.78 is 5.33. The standard InChI is InChI=1S/C14H20N2O4/c1-10(17)7-8-16(2)13(18)9-20-12-6-4-3-5-11(12)14(15)19/h3-6,10,17H,7-9H2,1-2H3,(H2,15,19). The van der Waals surface area contributed by atoms with E-state index in [1.807, 2.05) is 0 Å². The first-order chi connectivity index (χ1) is 9.41. The summed E-state index contributed by atoms with van der Waals surface area (Å²) in [5, 5.41) is 9.17. The SMILES string of the molecule is CC(O)CCN(C)C(=O)COc1ccccc1C(N)=O. The Morgan fingerprint density at radius 1 is 1.40 bits per heavy atom. The molecular weight excluding hydrogens is 260 g/mol. The van der Waals surface area contributed by atoms with Crippen LogP contribution in [0.5, 0.6) is 5.75 Å². The minimum absolute atomic E-state index is 0.180. The molecule has 1 unspecified atom stereocenters. The lowest BCUT2D eigenvalue weighted by molar-refractivity contribution is -0.132. The van der Waals surface area contributed by atoms with Gasteiger partial charge in [-0.1, -0.05) is 12.1 Å². The van der Waals surface area contributed by atoms with Crippen molar-refractivity contribution in [3.8, 4) is 5.75 Å². The van der Waals surface area contributed by atoms with Gasteiger partial charge in [-0.2, -0.15) is 0 Å². The molecule has 1 atom stereocenters. The Morgan fingerprint density at radius 3 is 2.65 bits per heavy atom. The third-order valence-corrected chi connectivity index (χ3v) is 2.81. The minimum Gasteiger partial charge on any atom is -0.483 e. The molecule has 0 saturated carbocycles. The normalized spacial score (nSPS) is 11.8. The highest BCUT2D eigenvalue weighted by molar-refractivity contribution is 5.95. The highest BCUT2D eigenvalue weighted by Gasteiger charge is 2.13. The van der Waals surface area contributed by atoms with Crippen molar-refractivity contribution in [1.82, 2.24) is 4.90 Å². The molecule has 0 aliphatic carbocycles. The number of ether oxygens (including phenoxy) is 1. The van der Waals surface area contributed by atoms with E-state index < -0.39 is 12.0 Å². The molecule has 1 aromatic rings. The van der Waals surface area contributed by atoms with E-state index >= 15 is 0 Å². The molecule has 20 heavy (non-hydrogen) atoms. The second-order valence-electron chi connectivity index (χ2n) is 4.60. The summed E-state index contributed by atoms with van der Waals surface area (Å²) in [6, 6.07) is 6.50. The maximum absolute atomic E-state index is 11.8. The smallest absolute Gasteiger partial charge is 0.260 e. The van der Waals surface area contributed by atoms with E-state index in [1.54, 1.807) is 38.2 Å². The Morgan fingerprint density at radius 2 is 2.05 bits per heavy atom. The number of nitrogens with two attached hydrogens (primary N) is 1. The van der Waals surface area contributed by atoms with Gasteiger partial charge in [-0.25, -0.2) is 0 Å². The predicted molar refractivity (Wildman–Crippen MR) is 74.4 cm³/mol. The lowest BCUT2D eigenvalue weighted by Gasteiger charge is -2.18. The van der Waals surface area contributed by atoms with E-state index in [1.165, 1.54) is 4.90 Å². The van der Waals surface area contributed by atoms with Crippen LogP contribution in [0.2, 0.25) is 0 Å². The molecule has 0 aromatic heterocycles. The number of amides is 2. The molecular formula is C14H20N2O4. The van der Waals surface area contributed by atoms with Crippen LogP contribution in [-0.2, 0) is 4.79 Å². The molecule has 0 heterocycles. The molecule has 0 aliphatic heterocycles. The number of nitrogens with zero attached hydrogens (tertiary/aromatic N) is 1. The Balaban J connectivity index is 2.55. The molecule has 0 aliphatic rings. The van der Waals surface area contributed by atoms with Crippen LogP contribution >= 0.6 is 0 Å². The number of likely N-dealkylation sites (N-methyl/N-ethyl adjacent to an activating group) is 1. The maximum Gasteiger partial charge on any atom is 0.260 e. The molecule has 0 bridgehead atoms. The number of primary amides is 1. The molecule has 1 rings (SSSR count). The van der Waals surface area contributed by atoms with Gasteiger partial charge >= 0.3 is 0 Å². The molecule has 6 nitrogen and oxygen atoms in total. The molecule has 0 fully saturated rings. The van der Waals surface area contributed by atoms with Crippen LogP contribution < -0.4 is 10.5 Å². The van der Waals surface area contributed by atoms with Crippen LogP contribution in [0, 0.1) is 0 Å². The van der Waals surface area contributed by atoms with Crippen molar-refractivity contribution in [2.45, 2.75) is 19.4 Å². The van der Waals surface area contributed by atoms with E-state index in [0.29, 0.717) is 13.0 Å². The number of aliphatic hydroxyl groups excluding tert-OH is 1. The van der Waals surface area contributed by atoms with Crippen molar-refractivity contribution in [3.05, 3.63) is 29.8 Å². The molecule has 6 heteroatoms. The second kappa shape index (κ2) is 7.49. The van der Waals surface area contributed by atoms with Crippen LogP contribution in [0.3, 0.4) is 0 Å². The molecule has 3 N–H and O–H groups in total. The van der Waals surface area contributed by atoms with E-state index in [9.17, 15) is 9.59 Å². The van der Waals surface area contributed by atoms with E-state index in [0.717, 1.165) is 0 Å². The average molecular weight is 280 g/mol. The summed E-state index contributed by atoms with van der Waals surface area (Å²) in [6.07, 6.45) is 0.0434. The molecule has 0 saturated heterocycles. The van der Waals surface area contributed by atoms with E-state index in [2.05, 4.69) is 0 Å². The second-order valence-corrected chi connectivity index (χ2v) is 4.60. The molecule has 110 valence electrons. The number of benzene rings is 1. The summed E-state index contributed by atoms with van der Waals surface area (Å²) in [7, 11) is 1.63. The Bertz CT molecular complexity index is 474. The highest BCUT2D eigenvalue weighted by Crippen LogP contribution is 2.17. The summed E-state index contributed by atoms with van der Waals surface area (Å²) in [5.41, 5.74) is 5.46. The van der Waals surface area contributed by atoms with Gasteiger partial charge in [0.2, 0.25) is 0 Å². The zero-order chi connectivity index (χ0) is 15.1. The fourth-order valence-corrected chi connectivity index (χ4v) is 1.55. The van der Waals surface area contributed by atoms with Crippen molar-refractivity contribution in [2.75, 3.05) is 20.2 Å². The average Bonchev–Trinajstić information content (AvgIpc) is 2.42. The first kappa shape index (κ1) is 16.0. The third kappa shape index (κ3) is 4.89. The lowest BCUT2D eigenvalue weighted by atomic mass is 10.2. The number of rotatable bonds is 7. The van der Waals surface area contributed by atoms with Crippen molar-refractivity contribution in [1.29, 1.82) is 0 Å². The Labute approximate surface area is 118 Å². The van der Waals surface area contributed by atoms with Crippen molar-refractivity contribution in [2.24, 2.45) is 5.73 Å². The van der Waals surface area contributed by atoms with Crippen LogP contribution in [0.4, 0.5) is 0 Å². The quantitative estimate of drug-likeness (QED) is 0.755. The van der Waals surface area contributed by atoms with Gasteiger partial charge in [0, 0.05) is 13.6 Å². The van der Waals surface area contributed by atoms with Gasteiger partial charge in [0.25, 0.3) is 11.8 Å². The molecule has 1 aromatic carbocycles. The number of hydrogen-bond donors (Lipinski definition) is 2. The summed E-state index contributed by atoms with van der Waals surface area (Å²) in [6.45, 7) is 1.93. The first-order valence-electron chi connectivity index (χ1n) is 6.35. The Hall–Kier alpha value is -2.08. The summed E-state index contributed by atoms with van der Waals surface area (Å²) in [5.74, 6) is -0.544. The fourth-order valence-electron chi connectivity index (χ4n) is 1.55. The van der Waals surface area contributed by atoms with Gasteiger partial charge in [-0.3, -0.25) is 9.59 Å². The van der Waals surface area contributed by atoms with Crippen LogP contribution in [0.25, 0.3) is 0 Å². The first-order valence-corrected chi connectivity index (χ1v) is 6.35. The van der Waals surface area contributed by atoms with Crippen LogP contribution in [0.1, 0.15) is 23.7 Å². The fraction of sp³-hybridized carbons (Fsp3) is 0.429. The van der Waals surface area contributed by atoms with Gasteiger partial charge in [0.15, 0.2) is 6.61 Å². The third-order valence-electron chi connectivity index (χ3n) is 2.81. The maximum atomic E-state index is 11.8. The van der Waals surface area contributed by atoms with Crippen LogP contribution in [0.15, 0.2) is 24.3 Å². The van der Waals surface area contributed by atoms with Crippen molar-refractivity contribution >= 4 is 11.8 Å². The number of para-hydroxylation sites is 1. The van der Waals surface area contributed by atoms with E-state index in [4.69, 9.17) is 15.6 Å². The van der Waals surface area contributed by atoms with Gasteiger partial charge in [0.1, 0.15) is 5.75 Å². The zero-order valence-electron chi connectivity index (χ0n) is 11.7. The summed E-state index contributed by atoms with van der Waals surface area (Å²) >= 11 is 0. The number of aliphatic hydroxyl groups is 1. The number of hydrogen-bond acceptors (Lipinski definition) is 4. The molecule has 0 radical (unpaired) electrons. The summed E-state index contributed by atoms with van der Waals surface area (Å²) in [4.78, 5) is 24.5. The largest absolute Gasteiger partial charge is 0.483 e. The monoisotopic (exact) mass is 280 g/mol. The number of carbonyl (C=O) groups excluding carboxylic acids is 2. The van der Waals surface area contributed by atoms with Gasteiger partial charge in [-0.15, -0.1) is 0 Å².